The summed E-state index contributed by atoms with van der Waals surface area (Å²) in [6.45, 7) is 3.69. The van der Waals surface area contributed by atoms with E-state index in [4.69, 9.17) is 0 Å². The smallest absolute Gasteiger partial charge is 0.320 e. The van der Waals surface area contributed by atoms with Gasteiger partial charge in [0.2, 0.25) is 0 Å². The van der Waals surface area contributed by atoms with Gasteiger partial charge in [-0.05, 0) is 49.2 Å². The molecule has 2 fully saturated rings. The molecular weight excluding hydrogens is 336 g/mol. The average molecular weight is 358 g/mol. The lowest BCUT2D eigenvalue weighted by Crippen LogP contribution is -2.40. The molecule has 0 bridgehead atoms. The normalized spacial score (nSPS) is 23.1. The molecule has 2 saturated heterocycles. The van der Waals surface area contributed by atoms with Crippen molar-refractivity contribution in [2.45, 2.75) is 31.8 Å². The molecule has 0 amide bonds. The van der Waals surface area contributed by atoms with E-state index < -0.39 is 5.97 Å². The van der Waals surface area contributed by atoms with E-state index in [1.165, 1.54) is 0 Å². The second-order valence-corrected chi connectivity index (χ2v) is 8.09. The molecule has 0 aromatic carbocycles. The molecule has 1 spiro atoms. The van der Waals surface area contributed by atoms with Crippen molar-refractivity contribution in [3.63, 3.8) is 0 Å². The van der Waals surface area contributed by atoms with Gasteiger partial charge in [-0.15, -0.1) is 11.3 Å². The molecule has 0 radical (unpaired) electrons. The summed E-state index contributed by atoms with van der Waals surface area (Å²) in [5, 5.41) is 14.4. The molecule has 2 aliphatic heterocycles. The van der Waals surface area contributed by atoms with Crippen LogP contribution in [0.15, 0.2) is 29.9 Å². The summed E-state index contributed by atoms with van der Waals surface area (Å²) in [6, 6.07) is 3.67. The Morgan fingerprint density at radius 1 is 1.36 bits per heavy atom. The number of nitrogens with one attached hydrogen (secondary N) is 1. The zero-order chi connectivity index (χ0) is 17.3. The number of carboxylic acids is 1. The topological polar surface area (TPSA) is 78.3 Å². The number of aromatic nitrogens is 2. The third-order valence-corrected chi connectivity index (χ3v) is 6.29. The van der Waals surface area contributed by atoms with E-state index in [2.05, 4.69) is 20.2 Å². The second kappa shape index (κ2) is 6.82. The van der Waals surface area contributed by atoms with Crippen LogP contribution in [-0.4, -0.2) is 51.6 Å². The van der Waals surface area contributed by atoms with Gasteiger partial charge in [-0.3, -0.25) is 9.69 Å². The van der Waals surface area contributed by atoms with Gasteiger partial charge in [0, 0.05) is 31.0 Å². The van der Waals surface area contributed by atoms with Crippen LogP contribution in [0.4, 0.5) is 0 Å². The Hall–Kier alpha value is -1.83. The molecule has 132 valence electrons. The lowest BCUT2D eigenvalue weighted by molar-refractivity contribution is -0.139. The lowest BCUT2D eigenvalue weighted by Gasteiger charge is -2.38. The van der Waals surface area contributed by atoms with E-state index in [1.807, 2.05) is 29.9 Å². The predicted molar refractivity (Wildman–Crippen MR) is 96.3 cm³/mol. The predicted octanol–water partition coefficient (Wildman–Crippen LogP) is 2.23. The first-order chi connectivity index (χ1) is 12.1. The van der Waals surface area contributed by atoms with Crippen molar-refractivity contribution in [1.29, 1.82) is 0 Å². The van der Waals surface area contributed by atoms with E-state index in [-0.39, 0.29) is 11.5 Å². The molecule has 0 saturated carbocycles. The summed E-state index contributed by atoms with van der Waals surface area (Å²) in [6.07, 6.45) is 6.71. The molecule has 4 rings (SSSR count). The van der Waals surface area contributed by atoms with E-state index in [1.54, 1.807) is 11.3 Å². The standard InChI is InChI=1S/C18H22N4O2S/c23-17(24)14-8-18(12-21-14)3-5-22(6-4-18)11-13-9-19-16(20-10-13)15-2-1-7-25-15/h1-2,7,9-10,14,21H,3-6,8,11-12H2,(H,23,24)/t14-/m0/s1. The quantitative estimate of drug-likeness (QED) is 0.873. The fourth-order valence-corrected chi connectivity index (χ4v) is 4.56. The van der Waals surface area contributed by atoms with Crippen molar-refractivity contribution in [3.05, 3.63) is 35.5 Å². The molecule has 0 unspecified atom stereocenters. The maximum atomic E-state index is 11.2. The zero-order valence-electron chi connectivity index (χ0n) is 14.0. The second-order valence-electron chi connectivity index (χ2n) is 7.14. The highest BCUT2D eigenvalue weighted by Crippen LogP contribution is 2.39. The molecule has 1 atom stereocenters. The number of thiophene rings is 1. The molecule has 2 N–H and O–H groups in total. The fourth-order valence-electron chi connectivity index (χ4n) is 3.89. The van der Waals surface area contributed by atoms with Crippen LogP contribution >= 0.6 is 11.3 Å². The number of carboxylic acid groups (broad SMARTS) is 1. The first kappa shape index (κ1) is 16.6. The van der Waals surface area contributed by atoms with Crippen LogP contribution in [0, 0.1) is 5.41 Å². The summed E-state index contributed by atoms with van der Waals surface area (Å²) >= 11 is 1.65. The Balaban J connectivity index is 1.32. The third kappa shape index (κ3) is 3.58. The monoisotopic (exact) mass is 358 g/mol. The maximum absolute atomic E-state index is 11.2. The first-order valence-electron chi connectivity index (χ1n) is 8.67. The molecule has 2 aromatic heterocycles. The summed E-state index contributed by atoms with van der Waals surface area (Å²) < 4.78 is 0. The Labute approximate surface area is 150 Å². The zero-order valence-corrected chi connectivity index (χ0v) is 14.8. The number of aliphatic carboxylic acids is 1. The lowest BCUT2D eigenvalue weighted by atomic mass is 9.76. The van der Waals surface area contributed by atoms with Crippen LogP contribution in [0.2, 0.25) is 0 Å². The van der Waals surface area contributed by atoms with Gasteiger partial charge in [-0.2, -0.15) is 0 Å². The Kier molecular flexibility index (Phi) is 4.54. The number of hydrogen-bond acceptors (Lipinski definition) is 6. The van der Waals surface area contributed by atoms with Gasteiger partial charge in [0.25, 0.3) is 0 Å². The number of carbonyl (C=O) groups is 1. The van der Waals surface area contributed by atoms with E-state index in [0.29, 0.717) is 0 Å². The van der Waals surface area contributed by atoms with Gasteiger partial charge < -0.3 is 10.4 Å². The Morgan fingerprint density at radius 2 is 2.12 bits per heavy atom. The number of piperidine rings is 1. The molecule has 6 nitrogen and oxygen atoms in total. The van der Waals surface area contributed by atoms with Crippen LogP contribution < -0.4 is 5.32 Å². The minimum atomic E-state index is -0.720. The van der Waals surface area contributed by atoms with E-state index in [0.717, 1.165) is 61.7 Å². The first-order valence-corrected chi connectivity index (χ1v) is 9.55. The maximum Gasteiger partial charge on any atom is 0.320 e. The third-order valence-electron chi connectivity index (χ3n) is 5.43. The van der Waals surface area contributed by atoms with Crippen LogP contribution in [0.25, 0.3) is 10.7 Å². The number of hydrogen-bond donors (Lipinski definition) is 2. The minimum absolute atomic E-state index is 0.166. The van der Waals surface area contributed by atoms with Crippen LogP contribution in [-0.2, 0) is 11.3 Å². The minimum Gasteiger partial charge on any atom is -0.480 e. The SMILES string of the molecule is O=C(O)[C@@H]1CC2(CCN(Cc3cnc(-c4cccs4)nc3)CC2)CN1. The van der Waals surface area contributed by atoms with Gasteiger partial charge in [-0.1, -0.05) is 6.07 Å². The highest BCUT2D eigenvalue weighted by atomic mass is 32.1. The largest absolute Gasteiger partial charge is 0.480 e. The van der Waals surface area contributed by atoms with Crippen molar-refractivity contribution in [2.24, 2.45) is 5.41 Å². The van der Waals surface area contributed by atoms with Crippen molar-refractivity contribution in [1.82, 2.24) is 20.2 Å². The van der Waals surface area contributed by atoms with Gasteiger partial charge in [-0.25, -0.2) is 9.97 Å². The van der Waals surface area contributed by atoms with Crippen LogP contribution in [0.5, 0.6) is 0 Å². The summed E-state index contributed by atoms with van der Waals surface area (Å²) in [4.78, 5) is 23.6. The van der Waals surface area contributed by atoms with Gasteiger partial charge in [0.15, 0.2) is 5.82 Å². The van der Waals surface area contributed by atoms with E-state index in [9.17, 15) is 9.90 Å². The average Bonchev–Trinajstić information content (AvgIpc) is 3.29. The number of nitrogens with zero attached hydrogens (tertiary/aromatic N) is 3. The van der Waals surface area contributed by atoms with Crippen molar-refractivity contribution in [2.75, 3.05) is 19.6 Å². The van der Waals surface area contributed by atoms with Crippen molar-refractivity contribution in [3.8, 4) is 10.7 Å². The van der Waals surface area contributed by atoms with Crippen LogP contribution in [0.3, 0.4) is 0 Å². The van der Waals surface area contributed by atoms with Gasteiger partial charge in [0.1, 0.15) is 6.04 Å². The van der Waals surface area contributed by atoms with Crippen LogP contribution in [0.1, 0.15) is 24.8 Å². The van der Waals surface area contributed by atoms with Crippen molar-refractivity contribution < 1.29 is 9.90 Å². The highest BCUT2D eigenvalue weighted by molar-refractivity contribution is 7.13. The number of rotatable bonds is 4. The summed E-state index contributed by atoms with van der Waals surface area (Å²) in [5.41, 5.74) is 1.29. The number of likely N-dealkylation sites (tertiary alicyclic amines) is 1. The molecule has 2 aromatic rings. The summed E-state index contributed by atoms with van der Waals surface area (Å²) in [7, 11) is 0. The fraction of sp³-hybridized carbons (Fsp3) is 0.500. The molecule has 2 aliphatic rings. The molecule has 25 heavy (non-hydrogen) atoms. The molecule has 0 aliphatic carbocycles. The highest BCUT2D eigenvalue weighted by Gasteiger charge is 2.43. The molecule has 7 heteroatoms. The molecular formula is C18H22N4O2S. The Morgan fingerprint density at radius 3 is 2.72 bits per heavy atom. The Bertz CT molecular complexity index is 724. The van der Waals surface area contributed by atoms with Crippen molar-refractivity contribution >= 4 is 17.3 Å². The molecule has 4 heterocycles. The van der Waals surface area contributed by atoms with Gasteiger partial charge in [0.05, 0.1) is 4.88 Å². The van der Waals surface area contributed by atoms with Gasteiger partial charge >= 0.3 is 5.97 Å². The van der Waals surface area contributed by atoms with E-state index >= 15 is 0 Å². The summed E-state index contributed by atoms with van der Waals surface area (Å²) in [5.74, 6) is 0.0652.